The zero-order valence-corrected chi connectivity index (χ0v) is 14.7. The van der Waals surface area contributed by atoms with Crippen LogP contribution in [0.1, 0.15) is 24.2 Å². The second kappa shape index (κ2) is 8.58. The summed E-state index contributed by atoms with van der Waals surface area (Å²) in [5.41, 5.74) is 1.57. The maximum Gasteiger partial charge on any atom is 0.224 e. The van der Waals surface area contributed by atoms with Gasteiger partial charge in [-0.25, -0.2) is 0 Å². The Kier molecular flexibility index (Phi) is 5.96. The van der Waals surface area contributed by atoms with Gasteiger partial charge in [0.25, 0.3) is 0 Å². The monoisotopic (exact) mass is 357 g/mol. The topological polar surface area (TPSA) is 77.0 Å². The first-order valence-corrected chi connectivity index (χ1v) is 8.71. The Balaban J connectivity index is 1.50. The first kappa shape index (κ1) is 18.1. The summed E-state index contributed by atoms with van der Waals surface area (Å²) < 4.78 is 16.4. The van der Waals surface area contributed by atoms with Gasteiger partial charge in [0.2, 0.25) is 5.91 Å². The van der Waals surface area contributed by atoms with Crippen LogP contribution in [-0.2, 0) is 11.2 Å². The smallest absolute Gasteiger partial charge is 0.224 e. The van der Waals surface area contributed by atoms with Crippen LogP contribution in [0.25, 0.3) is 0 Å². The lowest BCUT2D eigenvalue weighted by atomic mass is 10.1. The molecule has 0 bridgehead atoms. The Hall–Kier alpha value is -2.73. The number of benzene rings is 2. The minimum Gasteiger partial charge on any atom is -0.494 e. The number of rotatable bonds is 7. The van der Waals surface area contributed by atoms with Gasteiger partial charge in [0.1, 0.15) is 19.0 Å². The summed E-state index contributed by atoms with van der Waals surface area (Å²) in [7, 11) is 0. The zero-order valence-electron chi connectivity index (χ0n) is 14.7. The van der Waals surface area contributed by atoms with E-state index in [1.165, 1.54) is 0 Å². The Morgan fingerprint density at radius 1 is 1.15 bits per heavy atom. The van der Waals surface area contributed by atoms with Gasteiger partial charge in [0, 0.05) is 6.54 Å². The highest BCUT2D eigenvalue weighted by Gasteiger charge is 2.16. The number of fused-ring (bicyclic) bond motifs is 1. The molecule has 1 amide bonds. The van der Waals surface area contributed by atoms with Crippen molar-refractivity contribution in [2.75, 3.05) is 26.4 Å². The quantitative estimate of drug-likeness (QED) is 0.795. The van der Waals surface area contributed by atoms with E-state index in [1.807, 2.05) is 31.2 Å². The summed E-state index contributed by atoms with van der Waals surface area (Å²) in [5, 5.41) is 13.1. The van der Waals surface area contributed by atoms with Crippen molar-refractivity contribution in [3.63, 3.8) is 0 Å². The molecule has 0 saturated carbocycles. The van der Waals surface area contributed by atoms with Crippen LogP contribution in [0.5, 0.6) is 17.2 Å². The normalized spacial score (nSPS) is 13.8. The van der Waals surface area contributed by atoms with Crippen LogP contribution in [0, 0.1) is 0 Å². The third-order valence-corrected chi connectivity index (χ3v) is 4.04. The Morgan fingerprint density at radius 2 is 1.88 bits per heavy atom. The van der Waals surface area contributed by atoms with Gasteiger partial charge in [-0.05, 0) is 42.3 Å². The molecule has 2 aromatic carbocycles. The van der Waals surface area contributed by atoms with Gasteiger partial charge < -0.3 is 24.6 Å². The van der Waals surface area contributed by atoms with E-state index in [1.54, 1.807) is 18.2 Å². The number of carbonyl (C=O) groups excluding carboxylic acids is 1. The van der Waals surface area contributed by atoms with Crippen molar-refractivity contribution in [3.8, 4) is 17.2 Å². The van der Waals surface area contributed by atoms with Crippen molar-refractivity contribution >= 4 is 5.91 Å². The van der Waals surface area contributed by atoms with E-state index in [4.69, 9.17) is 14.2 Å². The van der Waals surface area contributed by atoms with E-state index in [0.717, 1.165) is 11.3 Å². The summed E-state index contributed by atoms with van der Waals surface area (Å²) >= 11 is 0. The molecule has 1 aliphatic heterocycles. The molecule has 0 spiro atoms. The number of hydrogen-bond acceptors (Lipinski definition) is 5. The minimum absolute atomic E-state index is 0.134. The maximum atomic E-state index is 12.1. The van der Waals surface area contributed by atoms with Crippen molar-refractivity contribution in [2.45, 2.75) is 19.4 Å². The number of ether oxygens (including phenoxy) is 3. The van der Waals surface area contributed by atoms with Crippen LogP contribution in [0.15, 0.2) is 42.5 Å². The number of aliphatic hydroxyl groups is 1. The molecule has 0 saturated heterocycles. The number of carbonyl (C=O) groups is 1. The van der Waals surface area contributed by atoms with Crippen LogP contribution >= 0.6 is 0 Å². The van der Waals surface area contributed by atoms with Crippen molar-refractivity contribution in [3.05, 3.63) is 53.6 Å². The first-order valence-electron chi connectivity index (χ1n) is 8.71. The van der Waals surface area contributed by atoms with Gasteiger partial charge in [0.15, 0.2) is 11.5 Å². The molecule has 1 atom stereocenters. The highest BCUT2D eigenvalue weighted by molar-refractivity contribution is 5.78. The summed E-state index contributed by atoms with van der Waals surface area (Å²) in [6.07, 6.45) is -0.560. The molecule has 1 aliphatic rings. The van der Waals surface area contributed by atoms with Gasteiger partial charge in [-0.2, -0.15) is 0 Å². The largest absolute Gasteiger partial charge is 0.494 e. The van der Waals surface area contributed by atoms with E-state index in [2.05, 4.69) is 5.32 Å². The van der Waals surface area contributed by atoms with E-state index in [-0.39, 0.29) is 18.9 Å². The number of hydrogen-bond donors (Lipinski definition) is 2. The number of amides is 1. The molecule has 6 heteroatoms. The van der Waals surface area contributed by atoms with Gasteiger partial charge in [-0.1, -0.05) is 18.2 Å². The molecule has 1 unspecified atom stereocenters. The predicted molar refractivity (Wildman–Crippen MR) is 96.7 cm³/mol. The highest BCUT2D eigenvalue weighted by Crippen LogP contribution is 2.32. The van der Waals surface area contributed by atoms with Crippen LogP contribution < -0.4 is 19.5 Å². The Labute approximate surface area is 152 Å². The van der Waals surface area contributed by atoms with Gasteiger partial charge in [-0.15, -0.1) is 0 Å². The standard InChI is InChI=1S/C20H23NO5/c1-2-24-16-6-3-14(4-7-16)11-20(23)21-13-17(22)15-5-8-18-19(12-15)26-10-9-25-18/h3-8,12,17,22H,2,9-11,13H2,1H3,(H,21,23). The molecule has 0 fully saturated rings. The second-order valence-corrected chi connectivity index (χ2v) is 5.98. The molecule has 3 rings (SSSR count). The Bertz CT molecular complexity index is 744. The van der Waals surface area contributed by atoms with Crippen molar-refractivity contribution in [1.82, 2.24) is 5.32 Å². The average molecular weight is 357 g/mol. The molecule has 138 valence electrons. The molecular formula is C20H23NO5. The summed E-state index contributed by atoms with van der Waals surface area (Å²) in [6.45, 7) is 3.68. The van der Waals surface area contributed by atoms with E-state index < -0.39 is 6.10 Å². The third-order valence-electron chi connectivity index (χ3n) is 4.04. The van der Waals surface area contributed by atoms with E-state index in [0.29, 0.717) is 36.9 Å². The fourth-order valence-electron chi connectivity index (χ4n) is 2.71. The molecule has 2 aromatic rings. The molecule has 1 heterocycles. The fraction of sp³-hybridized carbons (Fsp3) is 0.350. The second-order valence-electron chi connectivity index (χ2n) is 5.98. The molecule has 0 radical (unpaired) electrons. The predicted octanol–water partition coefficient (Wildman–Crippen LogP) is 2.25. The maximum absolute atomic E-state index is 12.1. The lowest BCUT2D eigenvalue weighted by Crippen LogP contribution is -2.29. The SMILES string of the molecule is CCOc1ccc(CC(=O)NCC(O)c2ccc3c(c2)OCCO3)cc1. The molecule has 0 aliphatic carbocycles. The van der Waals surface area contributed by atoms with Gasteiger partial charge >= 0.3 is 0 Å². The van der Waals surface area contributed by atoms with Crippen LogP contribution in [0.3, 0.4) is 0 Å². The van der Waals surface area contributed by atoms with Crippen LogP contribution in [-0.4, -0.2) is 37.4 Å². The van der Waals surface area contributed by atoms with Crippen LogP contribution in [0.2, 0.25) is 0 Å². The lowest BCUT2D eigenvalue weighted by molar-refractivity contribution is -0.120. The van der Waals surface area contributed by atoms with Gasteiger partial charge in [-0.3, -0.25) is 4.79 Å². The molecule has 26 heavy (non-hydrogen) atoms. The highest BCUT2D eigenvalue weighted by atomic mass is 16.6. The molecule has 0 aromatic heterocycles. The van der Waals surface area contributed by atoms with Crippen molar-refractivity contribution in [2.24, 2.45) is 0 Å². The molecule has 6 nitrogen and oxygen atoms in total. The molecular weight excluding hydrogens is 334 g/mol. The van der Waals surface area contributed by atoms with Crippen LogP contribution in [0.4, 0.5) is 0 Å². The number of nitrogens with one attached hydrogen (secondary N) is 1. The summed E-state index contributed by atoms with van der Waals surface area (Å²) in [5.74, 6) is 1.93. The minimum atomic E-state index is -0.810. The molecule has 2 N–H and O–H groups in total. The first-order chi connectivity index (χ1) is 12.7. The average Bonchev–Trinajstić information content (AvgIpc) is 2.67. The Morgan fingerprint density at radius 3 is 2.62 bits per heavy atom. The van der Waals surface area contributed by atoms with E-state index >= 15 is 0 Å². The third kappa shape index (κ3) is 4.67. The fourth-order valence-corrected chi connectivity index (χ4v) is 2.71. The summed E-state index contributed by atoms with van der Waals surface area (Å²) in [4.78, 5) is 12.1. The van der Waals surface area contributed by atoms with Crippen molar-refractivity contribution < 1.29 is 24.1 Å². The summed E-state index contributed by atoms with van der Waals surface area (Å²) in [6, 6.07) is 12.7. The van der Waals surface area contributed by atoms with Crippen molar-refractivity contribution in [1.29, 1.82) is 0 Å². The number of aliphatic hydroxyl groups excluding tert-OH is 1. The van der Waals surface area contributed by atoms with E-state index in [9.17, 15) is 9.90 Å². The lowest BCUT2D eigenvalue weighted by Gasteiger charge is -2.20. The van der Waals surface area contributed by atoms with Gasteiger partial charge in [0.05, 0.1) is 19.1 Å². The zero-order chi connectivity index (χ0) is 18.4.